The Bertz CT molecular complexity index is 406. The van der Waals surface area contributed by atoms with E-state index in [0.717, 1.165) is 11.1 Å². The monoisotopic (exact) mass is 238 g/mol. The number of aryl methyl sites for hydroxylation is 1. The van der Waals surface area contributed by atoms with Crippen LogP contribution in [-0.2, 0) is 7.05 Å². The van der Waals surface area contributed by atoms with Gasteiger partial charge in [-0.2, -0.15) is 5.10 Å². The molecule has 0 aliphatic carbocycles. The number of nitrogens with zero attached hydrogens (tertiary/aromatic N) is 4. The molecule has 0 saturated heterocycles. The van der Waals surface area contributed by atoms with E-state index in [4.69, 9.17) is 0 Å². The van der Waals surface area contributed by atoms with Crippen molar-refractivity contribution in [1.82, 2.24) is 19.7 Å². The normalized spacial score (nSPS) is 10.3. The molecule has 0 radical (unpaired) electrons. The summed E-state index contributed by atoms with van der Waals surface area (Å²) in [6, 6.07) is 0. The van der Waals surface area contributed by atoms with Gasteiger partial charge in [0.05, 0.1) is 6.20 Å². The van der Waals surface area contributed by atoms with Crippen LogP contribution in [0.25, 0.3) is 11.1 Å². The minimum atomic E-state index is 0.597. The molecule has 0 saturated carbocycles. The lowest BCUT2D eigenvalue weighted by molar-refractivity contribution is 0.768. The SMILES string of the molecule is Cn1cc(-c2cnc(Br)nc2)cn1. The first-order chi connectivity index (χ1) is 6.25. The molecule has 5 heteroatoms. The van der Waals surface area contributed by atoms with Crippen molar-refractivity contribution >= 4 is 15.9 Å². The Kier molecular flexibility index (Phi) is 2.10. The van der Waals surface area contributed by atoms with Crippen LogP contribution in [-0.4, -0.2) is 19.7 Å². The van der Waals surface area contributed by atoms with Crippen molar-refractivity contribution in [2.45, 2.75) is 0 Å². The van der Waals surface area contributed by atoms with Gasteiger partial charge in [0.15, 0.2) is 4.73 Å². The molecule has 0 unspecified atom stereocenters. The lowest BCUT2D eigenvalue weighted by atomic mass is 10.2. The number of aromatic nitrogens is 4. The van der Waals surface area contributed by atoms with Crippen LogP contribution in [0.4, 0.5) is 0 Å². The average molecular weight is 239 g/mol. The van der Waals surface area contributed by atoms with E-state index in [1.807, 2.05) is 13.2 Å². The van der Waals surface area contributed by atoms with E-state index in [0.29, 0.717) is 4.73 Å². The van der Waals surface area contributed by atoms with Crippen LogP contribution < -0.4 is 0 Å². The highest BCUT2D eigenvalue weighted by atomic mass is 79.9. The standard InChI is InChI=1S/C8H7BrN4/c1-13-5-7(4-12-13)6-2-10-8(9)11-3-6/h2-5H,1H3. The molecule has 0 amide bonds. The third kappa shape index (κ3) is 1.75. The summed E-state index contributed by atoms with van der Waals surface area (Å²) in [6.45, 7) is 0. The fraction of sp³-hybridized carbons (Fsp3) is 0.125. The first kappa shape index (κ1) is 8.37. The van der Waals surface area contributed by atoms with Gasteiger partial charge in [0.25, 0.3) is 0 Å². The summed E-state index contributed by atoms with van der Waals surface area (Å²) >= 11 is 3.18. The van der Waals surface area contributed by atoms with Gasteiger partial charge >= 0.3 is 0 Å². The quantitative estimate of drug-likeness (QED) is 0.710. The van der Waals surface area contributed by atoms with Gasteiger partial charge in [-0.25, -0.2) is 9.97 Å². The van der Waals surface area contributed by atoms with Crippen LogP contribution in [0.2, 0.25) is 0 Å². The highest BCUT2D eigenvalue weighted by molar-refractivity contribution is 9.10. The van der Waals surface area contributed by atoms with Gasteiger partial charge in [0, 0.05) is 36.8 Å². The van der Waals surface area contributed by atoms with E-state index in [1.165, 1.54) is 0 Å². The average Bonchev–Trinajstić information content (AvgIpc) is 2.53. The van der Waals surface area contributed by atoms with E-state index >= 15 is 0 Å². The Hall–Kier alpha value is -1.23. The zero-order chi connectivity index (χ0) is 9.26. The van der Waals surface area contributed by atoms with Crippen molar-refractivity contribution in [3.05, 3.63) is 29.5 Å². The molecular formula is C8H7BrN4. The second kappa shape index (κ2) is 3.26. The summed E-state index contributed by atoms with van der Waals surface area (Å²) in [4.78, 5) is 8.07. The minimum absolute atomic E-state index is 0.597. The molecular weight excluding hydrogens is 232 g/mol. The van der Waals surface area contributed by atoms with Gasteiger partial charge in [0.1, 0.15) is 0 Å². The van der Waals surface area contributed by atoms with E-state index in [1.54, 1.807) is 23.3 Å². The maximum atomic E-state index is 4.06. The van der Waals surface area contributed by atoms with Crippen molar-refractivity contribution in [2.75, 3.05) is 0 Å². The first-order valence-corrected chi connectivity index (χ1v) is 4.51. The molecule has 0 fully saturated rings. The molecule has 2 rings (SSSR count). The fourth-order valence-corrected chi connectivity index (χ4v) is 1.24. The van der Waals surface area contributed by atoms with Crippen molar-refractivity contribution in [3.8, 4) is 11.1 Å². The lowest BCUT2D eigenvalue weighted by Gasteiger charge is -1.94. The van der Waals surface area contributed by atoms with Gasteiger partial charge in [-0.3, -0.25) is 4.68 Å². The number of rotatable bonds is 1. The Morgan fingerprint density at radius 3 is 2.38 bits per heavy atom. The van der Waals surface area contributed by atoms with Crippen molar-refractivity contribution in [1.29, 1.82) is 0 Å². The van der Waals surface area contributed by atoms with Crippen LogP contribution in [0, 0.1) is 0 Å². The topological polar surface area (TPSA) is 43.6 Å². The van der Waals surface area contributed by atoms with Crippen LogP contribution in [0.1, 0.15) is 0 Å². The van der Waals surface area contributed by atoms with Crippen LogP contribution in [0.3, 0.4) is 0 Å². The summed E-state index contributed by atoms with van der Waals surface area (Å²) in [5.74, 6) is 0. The molecule has 13 heavy (non-hydrogen) atoms. The fourth-order valence-electron chi connectivity index (χ4n) is 1.03. The molecule has 0 aromatic carbocycles. The Labute approximate surface area is 83.8 Å². The third-order valence-corrected chi connectivity index (χ3v) is 2.07. The predicted octanol–water partition coefficient (Wildman–Crippen LogP) is 1.64. The maximum Gasteiger partial charge on any atom is 0.196 e. The third-order valence-electron chi connectivity index (χ3n) is 1.66. The van der Waals surface area contributed by atoms with Gasteiger partial charge in [-0.1, -0.05) is 0 Å². The van der Waals surface area contributed by atoms with Gasteiger partial charge in [0.2, 0.25) is 0 Å². The Morgan fingerprint density at radius 2 is 1.85 bits per heavy atom. The Balaban J connectivity index is 2.41. The van der Waals surface area contributed by atoms with Crippen LogP contribution >= 0.6 is 15.9 Å². The van der Waals surface area contributed by atoms with E-state index < -0.39 is 0 Å². The molecule has 2 aromatic rings. The molecule has 0 aliphatic rings. The molecule has 4 nitrogen and oxygen atoms in total. The minimum Gasteiger partial charge on any atom is -0.275 e. The number of hydrogen-bond acceptors (Lipinski definition) is 3. The highest BCUT2D eigenvalue weighted by Crippen LogP contribution is 2.16. The summed E-state index contributed by atoms with van der Waals surface area (Å²) in [5, 5.41) is 4.06. The van der Waals surface area contributed by atoms with Crippen LogP contribution in [0.15, 0.2) is 29.5 Å². The van der Waals surface area contributed by atoms with E-state index in [2.05, 4.69) is 31.0 Å². The molecule has 0 atom stereocenters. The number of hydrogen-bond donors (Lipinski definition) is 0. The van der Waals surface area contributed by atoms with Gasteiger partial charge in [-0.15, -0.1) is 0 Å². The molecule has 0 spiro atoms. The van der Waals surface area contributed by atoms with Crippen LogP contribution in [0.5, 0.6) is 0 Å². The molecule has 2 aromatic heterocycles. The molecule has 2 heterocycles. The summed E-state index contributed by atoms with van der Waals surface area (Å²) in [5.41, 5.74) is 1.99. The lowest BCUT2D eigenvalue weighted by Crippen LogP contribution is -1.85. The molecule has 66 valence electrons. The second-order valence-electron chi connectivity index (χ2n) is 2.64. The summed E-state index contributed by atoms with van der Waals surface area (Å²) in [7, 11) is 1.88. The van der Waals surface area contributed by atoms with Gasteiger partial charge < -0.3 is 0 Å². The maximum absolute atomic E-state index is 4.06. The highest BCUT2D eigenvalue weighted by Gasteiger charge is 2.00. The van der Waals surface area contributed by atoms with Gasteiger partial charge in [-0.05, 0) is 15.9 Å². The summed E-state index contributed by atoms with van der Waals surface area (Å²) < 4.78 is 2.34. The Morgan fingerprint density at radius 1 is 1.15 bits per heavy atom. The van der Waals surface area contributed by atoms with Crippen molar-refractivity contribution < 1.29 is 0 Å². The van der Waals surface area contributed by atoms with E-state index in [9.17, 15) is 0 Å². The van der Waals surface area contributed by atoms with Crippen molar-refractivity contribution in [2.24, 2.45) is 7.05 Å². The second-order valence-corrected chi connectivity index (χ2v) is 3.35. The van der Waals surface area contributed by atoms with E-state index in [-0.39, 0.29) is 0 Å². The number of halogens is 1. The first-order valence-electron chi connectivity index (χ1n) is 3.72. The largest absolute Gasteiger partial charge is 0.275 e. The zero-order valence-corrected chi connectivity index (χ0v) is 8.56. The molecule has 0 N–H and O–H groups in total. The molecule has 0 aliphatic heterocycles. The predicted molar refractivity (Wildman–Crippen MR) is 51.9 cm³/mol. The van der Waals surface area contributed by atoms with Crippen molar-refractivity contribution in [3.63, 3.8) is 0 Å². The zero-order valence-electron chi connectivity index (χ0n) is 6.98. The molecule has 0 bridgehead atoms. The summed E-state index contributed by atoms with van der Waals surface area (Å²) in [6.07, 6.45) is 7.22. The smallest absolute Gasteiger partial charge is 0.196 e.